The van der Waals surface area contributed by atoms with Crippen LogP contribution in [0, 0.1) is 5.92 Å². The molecule has 1 aliphatic rings. The van der Waals surface area contributed by atoms with Crippen molar-refractivity contribution in [2.45, 2.75) is 26.3 Å². The highest BCUT2D eigenvalue weighted by Gasteiger charge is 2.25. The standard InChI is InChI=1S/C13H23N3O2/c1-3-5-14-7-12-10-18-13(15-12)16-6-4-11(8-16)9-17-2/h10-11,14H,3-9H2,1-2H3. The zero-order valence-corrected chi connectivity index (χ0v) is 11.3. The number of rotatable bonds is 7. The van der Waals surface area contributed by atoms with E-state index in [1.807, 2.05) is 0 Å². The maximum Gasteiger partial charge on any atom is 0.297 e. The molecule has 1 aromatic rings. The second-order valence-corrected chi connectivity index (χ2v) is 4.85. The van der Waals surface area contributed by atoms with Gasteiger partial charge in [-0.25, -0.2) is 0 Å². The summed E-state index contributed by atoms with van der Waals surface area (Å²) in [6.07, 6.45) is 4.04. The van der Waals surface area contributed by atoms with Crippen LogP contribution in [0.4, 0.5) is 6.01 Å². The summed E-state index contributed by atoms with van der Waals surface area (Å²) >= 11 is 0. The zero-order valence-electron chi connectivity index (χ0n) is 11.3. The van der Waals surface area contributed by atoms with Gasteiger partial charge in [-0.3, -0.25) is 0 Å². The first kappa shape index (κ1) is 13.4. The fourth-order valence-electron chi connectivity index (χ4n) is 2.29. The molecule has 102 valence electrons. The monoisotopic (exact) mass is 253 g/mol. The molecule has 1 N–H and O–H groups in total. The van der Waals surface area contributed by atoms with Gasteiger partial charge in [0.1, 0.15) is 6.26 Å². The highest BCUT2D eigenvalue weighted by Crippen LogP contribution is 2.23. The van der Waals surface area contributed by atoms with Crippen molar-refractivity contribution in [1.82, 2.24) is 10.3 Å². The average molecular weight is 253 g/mol. The van der Waals surface area contributed by atoms with Crippen LogP contribution >= 0.6 is 0 Å². The topological polar surface area (TPSA) is 50.5 Å². The molecular formula is C13H23N3O2. The SMILES string of the molecule is CCCNCc1coc(N2CCC(COC)C2)n1. The van der Waals surface area contributed by atoms with Crippen molar-refractivity contribution >= 4 is 6.01 Å². The van der Waals surface area contributed by atoms with E-state index in [4.69, 9.17) is 9.15 Å². The molecule has 5 heteroatoms. The van der Waals surface area contributed by atoms with Crippen LogP contribution in [-0.4, -0.2) is 38.3 Å². The third-order valence-corrected chi connectivity index (χ3v) is 3.23. The Balaban J connectivity index is 1.83. The Hall–Kier alpha value is -1.07. The van der Waals surface area contributed by atoms with Gasteiger partial charge < -0.3 is 19.4 Å². The number of ether oxygens (including phenoxy) is 1. The Morgan fingerprint density at radius 3 is 3.28 bits per heavy atom. The third-order valence-electron chi connectivity index (χ3n) is 3.23. The number of anilines is 1. The summed E-state index contributed by atoms with van der Waals surface area (Å²) in [6.45, 7) is 6.77. The molecule has 1 fully saturated rings. The average Bonchev–Trinajstić information content (AvgIpc) is 2.98. The molecule has 0 aliphatic carbocycles. The molecule has 18 heavy (non-hydrogen) atoms. The summed E-state index contributed by atoms with van der Waals surface area (Å²) in [5, 5.41) is 3.32. The Bertz CT molecular complexity index is 354. The lowest BCUT2D eigenvalue weighted by Gasteiger charge is -2.12. The maximum absolute atomic E-state index is 5.54. The van der Waals surface area contributed by atoms with E-state index in [-0.39, 0.29) is 0 Å². The Kier molecular flexibility index (Phi) is 5.01. The van der Waals surface area contributed by atoms with Gasteiger partial charge in [-0.05, 0) is 19.4 Å². The summed E-state index contributed by atoms with van der Waals surface area (Å²) in [6, 6.07) is 0.752. The minimum atomic E-state index is 0.601. The minimum absolute atomic E-state index is 0.601. The van der Waals surface area contributed by atoms with Crippen LogP contribution in [0.15, 0.2) is 10.7 Å². The lowest BCUT2D eigenvalue weighted by molar-refractivity contribution is 0.160. The van der Waals surface area contributed by atoms with Gasteiger partial charge in [-0.15, -0.1) is 0 Å². The highest BCUT2D eigenvalue weighted by atomic mass is 16.5. The van der Waals surface area contributed by atoms with E-state index in [9.17, 15) is 0 Å². The van der Waals surface area contributed by atoms with Crippen LogP contribution in [0.3, 0.4) is 0 Å². The van der Waals surface area contributed by atoms with E-state index >= 15 is 0 Å². The van der Waals surface area contributed by atoms with Crippen LogP contribution in [0.2, 0.25) is 0 Å². The van der Waals surface area contributed by atoms with E-state index in [0.29, 0.717) is 5.92 Å². The normalized spacial score (nSPS) is 19.7. The first-order chi connectivity index (χ1) is 8.83. The van der Waals surface area contributed by atoms with Crippen molar-refractivity contribution in [2.24, 2.45) is 5.92 Å². The van der Waals surface area contributed by atoms with Gasteiger partial charge in [0.05, 0.1) is 12.3 Å². The largest absolute Gasteiger partial charge is 0.432 e. The van der Waals surface area contributed by atoms with Crippen molar-refractivity contribution in [3.63, 3.8) is 0 Å². The summed E-state index contributed by atoms with van der Waals surface area (Å²) < 4.78 is 10.7. The van der Waals surface area contributed by atoms with Crippen molar-refractivity contribution in [1.29, 1.82) is 0 Å². The predicted molar refractivity (Wildman–Crippen MR) is 70.7 cm³/mol. The number of hydrogen-bond acceptors (Lipinski definition) is 5. The molecule has 1 saturated heterocycles. The number of nitrogens with zero attached hydrogens (tertiary/aromatic N) is 2. The molecule has 0 radical (unpaired) electrons. The van der Waals surface area contributed by atoms with Crippen LogP contribution in [-0.2, 0) is 11.3 Å². The number of oxazole rings is 1. The second-order valence-electron chi connectivity index (χ2n) is 4.85. The molecule has 0 aromatic carbocycles. The smallest absolute Gasteiger partial charge is 0.297 e. The van der Waals surface area contributed by atoms with Gasteiger partial charge in [0, 0.05) is 32.7 Å². The van der Waals surface area contributed by atoms with Gasteiger partial charge in [-0.2, -0.15) is 4.98 Å². The van der Waals surface area contributed by atoms with E-state index in [1.165, 1.54) is 0 Å². The van der Waals surface area contributed by atoms with Gasteiger partial charge in [0.15, 0.2) is 0 Å². The predicted octanol–water partition coefficient (Wildman–Crippen LogP) is 1.65. The van der Waals surface area contributed by atoms with Gasteiger partial charge >= 0.3 is 0 Å². The minimum Gasteiger partial charge on any atom is -0.432 e. The van der Waals surface area contributed by atoms with E-state index in [1.54, 1.807) is 13.4 Å². The molecule has 0 spiro atoms. The van der Waals surface area contributed by atoms with Crippen LogP contribution in [0.5, 0.6) is 0 Å². The molecular weight excluding hydrogens is 230 g/mol. The van der Waals surface area contributed by atoms with Gasteiger partial charge in [0.2, 0.25) is 0 Å². The molecule has 5 nitrogen and oxygen atoms in total. The summed E-state index contributed by atoms with van der Waals surface area (Å²) in [7, 11) is 1.76. The first-order valence-electron chi connectivity index (χ1n) is 6.72. The summed E-state index contributed by atoms with van der Waals surface area (Å²) in [5.41, 5.74) is 0.980. The van der Waals surface area contributed by atoms with Gasteiger partial charge in [0.25, 0.3) is 6.01 Å². The van der Waals surface area contributed by atoms with E-state index < -0.39 is 0 Å². The lowest BCUT2D eigenvalue weighted by Crippen LogP contribution is -2.21. The second kappa shape index (κ2) is 6.75. The van der Waals surface area contributed by atoms with Crippen LogP contribution in [0.25, 0.3) is 0 Å². The Morgan fingerprint density at radius 1 is 1.61 bits per heavy atom. The highest BCUT2D eigenvalue weighted by molar-refractivity contribution is 5.29. The van der Waals surface area contributed by atoms with Crippen molar-refractivity contribution in [2.75, 3.05) is 38.3 Å². The summed E-state index contributed by atoms with van der Waals surface area (Å²) in [4.78, 5) is 6.72. The van der Waals surface area contributed by atoms with Crippen molar-refractivity contribution < 1.29 is 9.15 Å². The first-order valence-corrected chi connectivity index (χ1v) is 6.72. The Labute approximate surface area is 109 Å². The molecule has 1 aromatic heterocycles. The summed E-state index contributed by atoms with van der Waals surface area (Å²) in [5.74, 6) is 0.601. The van der Waals surface area contributed by atoms with Crippen LogP contribution in [0.1, 0.15) is 25.5 Å². The molecule has 1 aliphatic heterocycles. The van der Waals surface area contributed by atoms with E-state index in [0.717, 1.165) is 57.3 Å². The van der Waals surface area contributed by atoms with Crippen molar-refractivity contribution in [3.8, 4) is 0 Å². The number of methoxy groups -OCH3 is 1. The molecule has 0 amide bonds. The van der Waals surface area contributed by atoms with Gasteiger partial charge in [-0.1, -0.05) is 6.92 Å². The molecule has 1 atom stereocenters. The number of hydrogen-bond donors (Lipinski definition) is 1. The molecule has 2 heterocycles. The molecule has 0 bridgehead atoms. The fraction of sp³-hybridized carbons (Fsp3) is 0.769. The molecule has 0 saturated carbocycles. The zero-order chi connectivity index (χ0) is 12.8. The number of nitrogens with one attached hydrogen (secondary N) is 1. The number of aromatic nitrogens is 1. The maximum atomic E-state index is 5.54. The lowest BCUT2D eigenvalue weighted by atomic mass is 10.1. The quantitative estimate of drug-likeness (QED) is 0.749. The van der Waals surface area contributed by atoms with Crippen LogP contribution < -0.4 is 10.2 Å². The van der Waals surface area contributed by atoms with Crippen molar-refractivity contribution in [3.05, 3.63) is 12.0 Å². The third kappa shape index (κ3) is 3.46. The van der Waals surface area contributed by atoms with E-state index in [2.05, 4.69) is 22.1 Å². The fourth-order valence-corrected chi connectivity index (χ4v) is 2.29. The molecule has 1 unspecified atom stereocenters. The molecule has 2 rings (SSSR count). The Morgan fingerprint density at radius 2 is 2.50 bits per heavy atom.